The molecule has 0 amide bonds. The van der Waals surface area contributed by atoms with E-state index in [2.05, 4.69) is 15.1 Å². The normalized spacial score (nSPS) is 12.3. The van der Waals surface area contributed by atoms with E-state index in [0.717, 1.165) is 17.1 Å². The van der Waals surface area contributed by atoms with Crippen LogP contribution >= 0.6 is 0 Å². The second kappa shape index (κ2) is 7.05. The van der Waals surface area contributed by atoms with Gasteiger partial charge in [-0.1, -0.05) is 18.2 Å². The van der Waals surface area contributed by atoms with Gasteiger partial charge in [-0.05, 0) is 32.9 Å². The number of pyridine rings is 1. The van der Waals surface area contributed by atoms with Crippen LogP contribution in [0.2, 0.25) is 0 Å². The molecule has 8 heteroatoms. The fourth-order valence-electron chi connectivity index (χ4n) is 3.62. The lowest BCUT2D eigenvalue weighted by atomic mass is 10.1. The molecule has 3 aromatic heterocycles. The van der Waals surface area contributed by atoms with Crippen molar-refractivity contribution >= 4 is 16.9 Å². The summed E-state index contributed by atoms with van der Waals surface area (Å²) in [6, 6.07) is 11.1. The first-order valence-electron chi connectivity index (χ1n) is 9.25. The molecule has 1 unspecified atom stereocenters. The highest BCUT2D eigenvalue weighted by molar-refractivity contribution is 5.88. The summed E-state index contributed by atoms with van der Waals surface area (Å²) in [4.78, 5) is 21.7. The van der Waals surface area contributed by atoms with Crippen molar-refractivity contribution in [3.63, 3.8) is 0 Å². The van der Waals surface area contributed by atoms with E-state index in [1.54, 1.807) is 23.3 Å². The van der Waals surface area contributed by atoms with Crippen LogP contribution in [-0.2, 0) is 0 Å². The summed E-state index contributed by atoms with van der Waals surface area (Å²) in [5.41, 5.74) is 9.29. The zero-order valence-electron chi connectivity index (χ0n) is 16.7. The number of nitrogens with zero attached hydrogens (tertiary/aromatic N) is 5. The molecular weight excluding hydrogens is 368 g/mol. The Morgan fingerprint density at radius 1 is 1.14 bits per heavy atom. The van der Waals surface area contributed by atoms with E-state index in [4.69, 9.17) is 10.5 Å². The maximum Gasteiger partial charge on any atom is 0.262 e. The Kier molecular flexibility index (Phi) is 4.54. The molecular formula is C21H22N6O2. The number of nitrogen functional groups attached to an aromatic ring is 1. The van der Waals surface area contributed by atoms with Crippen molar-refractivity contribution in [2.45, 2.75) is 26.8 Å². The molecule has 8 nitrogen and oxygen atoms in total. The fraction of sp³-hybridized carbons (Fsp3) is 0.238. The molecule has 1 atom stereocenters. The quantitative estimate of drug-likeness (QED) is 0.575. The molecule has 148 valence electrons. The number of nitrogens with two attached hydrogens (primary N) is 1. The molecule has 0 radical (unpaired) electrons. The van der Waals surface area contributed by atoms with Gasteiger partial charge >= 0.3 is 0 Å². The minimum atomic E-state index is -0.317. The summed E-state index contributed by atoms with van der Waals surface area (Å²) in [5, 5.41) is 5.36. The summed E-state index contributed by atoms with van der Waals surface area (Å²) in [5.74, 6) is 0.916. The highest BCUT2D eigenvalue weighted by Gasteiger charge is 2.23. The highest BCUT2D eigenvalue weighted by Crippen LogP contribution is 2.29. The third-order valence-corrected chi connectivity index (χ3v) is 5.15. The van der Waals surface area contributed by atoms with E-state index in [9.17, 15) is 4.79 Å². The Hall–Kier alpha value is -3.68. The largest absolute Gasteiger partial charge is 0.496 e. The van der Waals surface area contributed by atoms with Gasteiger partial charge in [0.1, 0.15) is 17.9 Å². The molecule has 0 aliphatic carbocycles. The summed E-state index contributed by atoms with van der Waals surface area (Å²) < 4.78 is 8.93. The van der Waals surface area contributed by atoms with Crippen LogP contribution in [0, 0.1) is 13.8 Å². The lowest BCUT2D eigenvalue weighted by Crippen LogP contribution is -2.27. The summed E-state index contributed by atoms with van der Waals surface area (Å²) in [6.45, 7) is 5.59. The van der Waals surface area contributed by atoms with Crippen molar-refractivity contribution in [1.29, 1.82) is 0 Å². The van der Waals surface area contributed by atoms with Gasteiger partial charge in [0.25, 0.3) is 5.56 Å². The van der Waals surface area contributed by atoms with E-state index in [0.29, 0.717) is 28.2 Å². The van der Waals surface area contributed by atoms with Crippen molar-refractivity contribution in [2.24, 2.45) is 0 Å². The van der Waals surface area contributed by atoms with Crippen molar-refractivity contribution in [1.82, 2.24) is 24.3 Å². The zero-order valence-corrected chi connectivity index (χ0v) is 16.7. The number of ether oxygens (including phenoxy) is 1. The topological polar surface area (TPSA) is 101 Å². The van der Waals surface area contributed by atoms with Crippen molar-refractivity contribution in [2.75, 3.05) is 12.8 Å². The number of para-hydroxylation sites is 1. The second-order valence-corrected chi connectivity index (χ2v) is 6.90. The first-order chi connectivity index (χ1) is 13.9. The lowest BCUT2D eigenvalue weighted by molar-refractivity contribution is 0.406. The van der Waals surface area contributed by atoms with Crippen LogP contribution in [0.5, 0.6) is 5.75 Å². The van der Waals surface area contributed by atoms with Gasteiger partial charge in [-0.15, -0.1) is 0 Å². The van der Waals surface area contributed by atoms with E-state index < -0.39 is 0 Å². The highest BCUT2D eigenvalue weighted by atomic mass is 16.5. The van der Waals surface area contributed by atoms with Gasteiger partial charge in [0.05, 0.1) is 35.5 Å². The third-order valence-electron chi connectivity index (χ3n) is 5.15. The third kappa shape index (κ3) is 2.93. The molecule has 4 aromatic rings. The minimum absolute atomic E-state index is 0.139. The number of aromatic nitrogens is 5. The SMILES string of the molecule is COc1cc(C(C)n2nc(C)c3c(N)ncnc32)n(-c2ccccc2)c(=O)c1C. The number of hydrogen-bond donors (Lipinski definition) is 1. The molecule has 0 bridgehead atoms. The number of hydrogen-bond acceptors (Lipinski definition) is 6. The van der Waals surface area contributed by atoms with Crippen LogP contribution in [0.1, 0.15) is 29.9 Å². The van der Waals surface area contributed by atoms with Crippen LogP contribution in [0.3, 0.4) is 0 Å². The monoisotopic (exact) mass is 390 g/mol. The number of rotatable bonds is 4. The maximum absolute atomic E-state index is 13.2. The predicted octanol–water partition coefficient (Wildman–Crippen LogP) is 2.79. The molecule has 0 saturated heterocycles. The van der Waals surface area contributed by atoms with E-state index in [1.165, 1.54) is 6.33 Å². The summed E-state index contributed by atoms with van der Waals surface area (Å²) in [6.07, 6.45) is 1.42. The Morgan fingerprint density at radius 3 is 2.55 bits per heavy atom. The molecule has 29 heavy (non-hydrogen) atoms. The number of methoxy groups -OCH3 is 1. The molecule has 0 spiro atoms. The van der Waals surface area contributed by atoms with E-state index >= 15 is 0 Å². The van der Waals surface area contributed by atoms with Gasteiger partial charge in [0, 0.05) is 11.8 Å². The molecule has 1 aromatic carbocycles. The van der Waals surface area contributed by atoms with Gasteiger partial charge in [0.2, 0.25) is 0 Å². The maximum atomic E-state index is 13.2. The average Bonchev–Trinajstić information content (AvgIpc) is 3.07. The van der Waals surface area contributed by atoms with Gasteiger partial charge in [-0.3, -0.25) is 9.36 Å². The minimum Gasteiger partial charge on any atom is -0.496 e. The summed E-state index contributed by atoms with van der Waals surface area (Å²) >= 11 is 0. The van der Waals surface area contributed by atoms with Gasteiger partial charge in [-0.25, -0.2) is 14.6 Å². The van der Waals surface area contributed by atoms with Crippen LogP contribution in [-0.4, -0.2) is 31.4 Å². The van der Waals surface area contributed by atoms with Crippen LogP contribution in [0.25, 0.3) is 16.7 Å². The molecule has 0 aliphatic rings. The van der Waals surface area contributed by atoms with Crippen molar-refractivity contribution < 1.29 is 4.74 Å². The number of benzene rings is 1. The van der Waals surface area contributed by atoms with Crippen LogP contribution < -0.4 is 16.0 Å². The summed E-state index contributed by atoms with van der Waals surface area (Å²) in [7, 11) is 1.56. The molecule has 2 N–H and O–H groups in total. The first kappa shape index (κ1) is 18.7. The van der Waals surface area contributed by atoms with E-state index in [-0.39, 0.29) is 11.6 Å². The van der Waals surface area contributed by atoms with Crippen molar-refractivity contribution in [3.8, 4) is 11.4 Å². The second-order valence-electron chi connectivity index (χ2n) is 6.90. The number of aryl methyl sites for hydroxylation is 1. The average molecular weight is 390 g/mol. The van der Waals surface area contributed by atoms with E-state index in [1.807, 2.05) is 50.2 Å². The molecule has 0 saturated carbocycles. The van der Waals surface area contributed by atoms with Gasteiger partial charge in [0.15, 0.2) is 5.65 Å². The standard InChI is InChI=1S/C21H22N6O2/c1-12-17(29-4)10-16(26(21(12)28)15-8-6-5-7-9-15)14(3)27-20-18(13(2)25-27)19(22)23-11-24-20/h5-11,14H,1-4H3,(H2,22,23,24). The first-order valence-corrected chi connectivity index (χ1v) is 9.25. The van der Waals surface area contributed by atoms with Crippen LogP contribution in [0.4, 0.5) is 5.82 Å². The lowest BCUT2D eigenvalue weighted by Gasteiger charge is -2.21. The Bertz CT molecular complexity index is 1260. The Morgan fingerprint density at radius 2 is 1.86 bits per heavy atom. The van der Waals surface area contributed by atoms with Crippen molar-refractivity contribution in [3.05, 3.63) is 70.0 Å². The fourth-order valence-corrected chi connectivity index (χ4v) is 3.62. The van der Waals surface area contributed by atoms with Gasteiger partial charge in [-0.2, -0.15) is 5.10 Å². The number of fused-ring (bicyclic) bond motifs is 1. The number of anilines is 1. The zero-order chi connectivity index (χ0) is 20.7. The van der Waals surface area contributed by atoms with Gasteiger partial charge < -0.3 is 10.5 Å². The molecule has 3 heterocycles. The molecule has 4 rings (SSSR count). The smallest absolute Gasteiger partial charge is 0.262 e. The van der Waals surface area contributed by atoms with Crippen LogP contribution in [0.15, 0.2) is 47.5 Å². The Labute approximate surface area is 167 Å². The Balaban J connectivity index is 2.01. The molecule has 0 aliphatic heterocycles. The molecule has 0 fully saturated rings. The predicted molar refractivity (Wildman–Crippen MR) is 112 cm³/mol.